The van der Waals surface area contributed by atoms with E-state index >= 15 is 0 Å². The first kappa shape index (κ1) is 40.2. The van der Waals surface area contributed by atoms with E-state index < -0.39 is 6.36 Å². The summed E-state index contributed by atoms with van der Waals surface area (Å²) >= 11 is 3.98. The van der Waals surface area contributed by atoms with Crippen LogP contribution in [-0.4, -0.2) is 6.36 Å². The third-order valence-corrected chi connectivity index (χ3v) is 10.8. The maximum atomic E-state index is 14.3. The molecule has 6 rings (SSSR count). The van der Waals surface area contributed by atoms with E-state index in [4.69, 9.17) is 9.47 Å². The lowest BCUT2D eigenvalue weighted by molar-refractivity contribution is -0.274. The van der Waals surface area contributed by atoms with Crippen molar-refractivity contribution in [2.75, 3.05) is 9.80 Å². The molecule has 4 nitrogen and oxygen atoms in total. The number of benzene rings is 5. The van der Waals surface area contributed by atoms with Crippen molar-refractivity contribution >= 4 is 50.1 Å². The SMILES string of the molecule is CC(C)(C)c1ccc(N2c3cc(cc(C(C)(C)C)c3)Oc3cc(cc(C(C)(C)C)c3)N(c3ccc(C(C)(C)C)cc3)c3cc(OC(F)(F)F)cc2c3Br)cc1. The van der Waals surface area contributed by atoms with Crippen LogP contribution in [0.25, 0.3) is 0 Å². The number of fused-ring (bicyclic) bond motifs is 6. The van der Waals surface area contributed by atoms with Crippen molar-refractivity contribution in [3.63, 3.8) is 0 Å². The van der Waals surface area contributed by atoms with E-state index in [0.29, 0.717) is 27.3 Å². The van der Waals surface area contributed by atoms with Gasteiger partial charge in [-0.2, -0.15) is 0 Å². The van der Waals surface area contributed by atoms with E-state index in [9.17, 15) is 13.2 Å². The van der Waals surface area contributed by atoms with Crippen molar-refractivity contribution in [1.82, 2.24) is 0 Å². The Morgan fingerprint density at radius 3 is 1.11 bits per heavy atom. The van der Waals surface area contributed by atoms with Crippen LogP contribution in [0.5, 0.6) is 17.2 Å². The van der Waals surface area contributed by atoms with Crippen molar-refractivity contribution in [2.45, 2.75) is 111 Å². The summed E-state index contributed by atoms with van der Waals surface area (Å²) in [7, 11) is 0. The Morgan fingerprint density at radius 1 is 0.455 bits per heavy atom. The monoisotopic (exact) mass is 812 g/mol. The molecule has 1 aliphatic rings. The zero-order valence-corrected chi connectivity index (χ0v) is 35.5. The van der Waals surface area contributed by atoms with Crippen molar-refractivity contribution in [3.05, 3.63) is 124 Å². The fourth-order valence-corrected chi connectivity index (χ4v) is 7.29. The number of ether oxygens (including phenoxy) is 2. The number of nitrogens with zero attached hydrogens (tertiary/aromatic N) is 2. The van der Waals surface area contributed by atoms with Crippen molar-refractivity contribution < 1.29 is 22.6 Å². The Morgan fingerprint density at radius 2 is 0.800 bits per heavy atom. The highest BCUT2D eigenvalue weighted by Crippen LogP contribution is 2.52. The van der Waals surface area contributed by atoms with Gasteiger partial charge < -0.3 is 19.3 Å². The Balaban J connectivity index is 1.77. The van der Waals surface area contributed by atoms with Crippen LogP contribution in [0.4, 0.5) is 47.3 Å². The second-order valence-corrected chi connectivity index (χ2v) is 19.4. The first-order chi connectivity index (χ1) is 25.3. The van der Waals surface area contributed by atoms with Gasteiger partial charge in [-0.1, -0.05) is 107 Å². The molecule has 0 saturated heterocycles. The molecular weight excluding hydrogens is 761 g/mol. The van der Waals surface area contributed by atoms with Crippen LogP contribution in [-0.2, 0) is 21.7 Å². The lowest BCUT2D eigenvalue weighted by Crippen LogP contribution is -2.20. The van der Waals surface area contributed by atoms with E-state index in [2.05, 4.69) is 135 Å². The van der Waals surface area contributed by atoms with Gasteiger partial charge in [-0.15, -0.1) is 13.2 Å². The predicted octanol–water partition coefficient (Wildman–Crippen LogP) is 15.6. The molecule has 0 fully saturated rings. The molecule has 55 heavy (non-hydrogen) atoms. The quantitative estimate of drug-likeness (QED) is 0.178. The average Bonchev–Trinajstić information content (AvgIpc) is 3.04. The molecule has 0 radical (unpaired) electrons. The molecule has 5 aromatic rings. The molecule has 5 aromatic carbocycles. The van der Waals surface area contributed by atoms with E-state index in [0.717, 1.165) is 45.0 Å². The smallest absolute Gasteiger partial charge is 0.457 e. The molecule has 8 heteroatoms. The minimum Gasteiger partial charge on any atom is -0.457 e. The molecule has 290 valence electrons. The lowest BCUT2D eigenvalue weighted by Gasteiger charge is -2.34. The highest BCUT2D eigenvalue weighted by Gasteiger charge is 2.34. The lowest BCUT2D eigenvalue weighted by atomic mass is 9.86. The fourth-order valence-electron chi connectivity index (χ4n) is 6.71. The van der Waals surface area contributed by atoms with Gasteiger partial charge in [-0.25, -0.2) is 0 Å². The van der Waals surface area contributed by atoms with Crippen LogP contribution in [0.15, 0.2) is 102 Å². The first-order valence-corrected chi connectivity index (χ1v) is 19.5. The zero-order valence-electron chi connectivity index (χ0n) is 34.0. The average molecular weight is 814 g/mol. The van der Waals surface area contributed by atoms with E-state index in [1.165, 1.54) is 12.1 Å². The molecule has 1 aliphatic heterocycles. The number of alkyl halides is 3. The Bertz CT molecular complexity index is 2050. The third-order valence-electron chi connectivity index (χ3n) is 9.97. The summed E-state index contributed by atoms with van der Waals surface area (Å²) in [5, 5.41) is 0. The predicted molar refractivity (Wildman–Crippen MR) is 225 cm³/mol. The van der Waals surface area contributed by atoms with Gasteiger partial charge in [0.1, 0.15) is 17.2 Å². The molecule has 0 atom stereocenters. The summed E-state index contributed by atoms with van der Waals surface area (Å²) in [5.41, 5.74) is 7.34. The van der Waals surface area contributed by atoms with E-state index in [1.807, 2.05) is 58.3 Å². The van der Waals surface area contributed by atoms with Crippen LogP contribution in [0.3, 0.4) is 0 Å². The van der Waals surface area contributed by atoms with Crippen molar-refractivity contribution in [3.8, 4) is 17.2 Å². The second kappa shape index (κ2) is 13.9. The topological polar surface area (TPSA) is 24.9 Å². The highest BCUT2D eigenvalue weighted by molar-refractivity contribution is 9.10. The highest BCUT2D eigenvalue weighted by atomic mass is 79.9. The Hall–Kier alpha value is -4.43. The summed E-state index contributed by atoms with van der Waals surface area (Å²) in [4.78, 5) is 3.95. The van der Waals surface area contributed by atoms with Gasteiger partial charge in [-0.3, -0.25) is 0 Å². The summed E-state index contributed by atoms with van der Waals surface area (Å²) < 4.78 is 55.0. The maximum Gasteiger partial charge on any atom is 0.573 e. The van der Waals surface area contributed by atoms with Gasteiger partial charge >= 0.3 is 6.36 Å². The van der Waals surface area contributed by atoms with Crippen LogP contribution in [0.2, 0.25) is 0 Å². The number of halogens is 4. The van der Waals surface area contributed by atoms with Crippen LogP contribution < -0.4 is 19.3 Å². The number of rotatable bonds is 3. The van der Waals surface area contributed by atoms with Crippen LogP contribution in [0.1, 0.15) is 105 Å². The standard InChI is InChI=1S/C47H52BrF3N2O2/c1-43(2,3)29-13-17-33(18-14-29)52-35-21-31(45(7,8)9)23-37(25-35)54-38-24-32(46(10,11)12)22-36(26-38)53(34-19-15-30(16-20-34)44(4,5)6)41-28-39(55-47(49,50)51)27-40(52)42(41)48/h13-28H,1-12H3. The molecule has 0 spiro atoms. The normalized spacial score (nSPS) is 13.9. The zero-order chi connectivity index (χ0) is 40.5. The second-order valence-electron chi connectivity index (χ2n) is 18.6. The first-order valence-electron chi connectivity index (χ1n) is 18.7. The molecule has 0 unspecified atom stereocenters. The molecule has 0 aromatic heterocycles. The maximum absolute atomic E-state index is 14.3. The molecule has 0 aliphatic carbocycles. The minimum absolute atomic E-state index is 0.108. The molecule has 6 bridgehead atoms. The van der Waals surface area contributed by atoms with Crippen molar-refractivity contribution in [1.29, 1.82) is 0 Å². The third kappa shape index (κ3) is 8.85. The minimum atomic E-state index is -4.93. The number of hydrogen-bond donors (Lipinski definition) is 0. The summed E-state index contributed by atoms with van der Waals surface area (Å²) in [6.07, 6.45) is -4.93. The molecule has 1 heterocycles. The van der Waals surface area contributed by atoms with Gasteiger partial charge in [0.25, 0.3) is 0 Å². The number of anilines is 6. The van der Waals surface area contributed by atoms with Gasteiger partial charge in [0, 0.05) is 35.6 Å². The number of hydrogen-bond acceptors (Lipinski definition) is 4. The van der Waals surface area contributed by atoms with Gasteiger partial charge in [0.15, 0.2) is 0 Å². The Labute approximate surface area is 333 Å². The summed E-state index contributed by atoms with van der Waals surface area (Å²) in [5.74, 6) is 0.869. The van der Waals surface area contributed by atoms with Crippen LogP contribution >= 0.6 is 15.9 Å². The summed E-state index contributed by atoms with van der Waals surface area (Å²) in [6, 6.07) is 31.4. The van der Waals surface area contributed by atoms with Crippen molar-refractivity contribution in [2.24, 2.45) is 0 Å². The molecule has 0 amide bonds. The van der Waals surface area contributed by atoms with Gasteiger partial charge in [0.05, 0.1) is 27.2 Å². The van der Waals surface area contributed by atoms with Gasteiger partial charge in [0.2, 0.25) is 0 Å². The van der Waals surface area contributed by atoms with E-state index in [1.54, 1.807) is 0 Å². The van der Waals surface area contributed by atoms with E-state index in [-0.39, 0.29) is 27.4 Å². The molecule has 0 N–H and O–H groups in total. The molecular formula is C47H52BrF3N2O2. The summed E-state index contributed by atoms with van der Waals surface area (Å²) in [6.45, 7) is 25.7. The Kier molecular flexibility index (Phi) is 10.2. The molecule has 0 saturated carbocycles. The fraction of sp³-hybridized carbons (Fsp3) is 0.362. The van der Waals surface area contributed by atoms with Gasteiger partial charge in [-0.05, 0) is 108 Å². The van der Waals surface area contributed by atoms with Crippen LogP contribution in [0, 0.1) is 0 Å². The largest absolute Gasteiger partial charge is 0.573 e.